The van der Waals surface area contributed by atoms with Gasteiger partial charge in [0.05, 0.1) is 0 Å². The summed E-state index contributed by atoms with van der Waals surface area (Å²) in [6.07, 6.45) is -67.1. The number of rotatable bonds is 16. The van der Waals surface area contributed by atoms with E-state index in [2.05, 4.69) is 0 Å². The molecule has 0 aliphatic carbocycles. The molecule has 55 heavy (non-hydrogen) atoms. The molecule has 0 fully saturated rings. The van der Waals surface area contributed by atoms with Crippen LogP contribution < -0.4 is 0 Å². The second kappa shape index (κ2) is 13.6. The first-order chi connectivity index (χ1) is 23.2. The first kappa shape index (κ1) is 52.2. The molecule has 0 aromatic carbocycles. The molecule has 0 spiro atoms. The Kier molecular flexibility index (Phi) is 12.9. The predicted molar refractivity (Wildman–Crippen MR) is 95.5 cm³/mol. The molecule has 0 saturated heterocycles. The third kappa shape index (κ3) is 8.15. The average molecular weight is 926 g/mol. The summed E-state index contributed by atoms with van der Waals surface area (Å²) in [5, 5.41) is -8.29. The van der Waals surface area contributed by atoms with Gasteiger partial charge in [-0.3, -0.25) is 18.8 Å². The van der Waals surface area contributed by atoms with Gasteiger partial charge in [-0.15, -0.1) is 0 Å². The van der Waals surface area contributed by atoms with Crippen LogP contribution in [-0.2, 0) is 29.1 Å². The highest BCUT2D eigenvalue weighted by Crippen LogP contribution is 2.63. The van der Waals surface area contributed by atoms with Crippen LogP contribution in [0.2, 0.25) is 0 Å². The van der Waals surface area contributed by atoms with Crippen molar-refractivity contribution in [1.82, 2.24) is 0 Å². The minimum atomic E-state index is -9.43. The molecule has 0 aromatic rings. The molecule has 3 atom stereocenters. The fraction of sp³-hybridized carbons (Fsp3) is 0.875. The van der Waals surface area contributed by atoms with Gasteiger partial charge in [-0.1, -0.05) is 0 Å². The molecule has 0 bridgehead atoms. The first-order valence-corrected chi connectivity index (χ1v) is 12.4. The van der Waals surface area contributed by atoms with Crippen molar-refractivity contribution in [2.45, 2.75) is 83.5 Å². The third-order valence-corrected chi connectivity index (χ3v) is 6.14. The van der Waals surface area contributed by atoms with Crippen LogP contribution in [0.25, 0.3) is 0 Å². The van der Waals surface area contributed by atoms with Gasteiger partial charge in [0, 0.05) is 0 Å². The van der Waals surface area contributed by atoms with E-state index in [-0.39, 0.29) is 0 Å². The first-order valence-electron chi connectivity index (χ1n) is 11.0. The quantitative estimate of drug-likeness (QED) is 0.0938. The summed E-state index contributed by atoms with van der Waals surface area (Å²) >= 11 is 0. The molecule has 1 N–H and O–H groups in total. The Morgan fingerprint density at radius 2 is 0.636 bits per heavy atom. The Morgan fingerprint density at radius 1 is 0.382 bits per heavy atom. The van der Waals surface area contributed by atoms with Crippen molar-refractivity contribution >= 4 is 10.1 Å². The lowest BCUT2D eigenvalue weighted by molar-refractivity contribution is -0.588. The molecule has 0 aromatic heterocycles. The average Bonchev–Trinajstić information content (AvgIpc) is 2.88. The number of ether oxygens (including phenoxy) is 4. The standard InChI is InChI=1S/C16HF31O7S/c17-1(18)2(19)51-13(40,41)6(26,9(29,30)31)53-15(44,45)8(28,11(35,36)37)54-14(42,43)7(27,10(32,33)34)52-12(38,39)4(22,23)3(20,21)5(24,25)16(46,47)55(48,49)50/h(H,48,49,50). The molecule has 0 amide bonds. The second-order valence-corrected chi connectivity index (χ2v) is 10.5. The number of hydrogen-bond donors (Lipinski definition) is 1. The summed E-state index contributed by atoms with van der Waals surface area (Å²) in [4.78, 5) is 0. The van der Waals surface area contributed by atoms with Gasteiger partial charge in [-0.2, -0.15) is 145 Å². The zero-order valence-corrected chi connectivity index (χ0v) is 23.8. The van der Waals surface area contributed by atoms with Crippen molar-refractivity contribution in [3.05, 3.63) is 12.1 Å². The van der Waals surface area contributed by atoms with Gasteiger partial charge >= 0.3 is 106 Å². The van der Waals surface area contributed by atoms with E-state index in [9.17, 15) is 145 Å². The zero-order valence-electron chi connectivity index (χ0n) is 23.0. The Labute approximate surface area is 275 Å². The van der Waals surface area contributed by atoms with Crippen LogP contribution >= 0.6 is 0 Å². The number of alkyl halides is 28. The lowest BCUT2D eigenvalue weighted by Gasteiger charge is -2.44. The molecular formula is C16HF31O7S. The summed E-state index contributed by atoms with van der Waals surface area (Å²) in [7, 11) is -8.33. The van der Waals surface area contributed by atoms with Crippen molar-refractivity contribution in [2.24, 2.45) is 0 Å². The minimum Gasteiger partial charge on any atom is -0.398 e. The van der Waals surface area contributed by atoms with Gasteiger partial charge in [-0.05, 0) is 0 Å². The molecule has 39 heteroatoms. The van der Waals surface area contributed by atoms with Crippen molar-refractivity contribution in [2.75, 3.05) is 0 Å². The molecule has 330 valence electrons. The molecule has 7 nitrogen and oxygen atoms in total. The molecule has 0 heterocycles. The van der Waals surface area contributed by atoms with E-state index in [4.69, 9.17) is 4.55 Å². The SMILES string of the molecule is O=S(=O)(O)C(F)(F)C(F)(F)C(F)(F)C(F)(F)C(F)(F)OC(F)(C(F)(F)F)C(F)(F)OC(F)(C(F)(F)F)C(F)(F)OC(F)(C(F)(F)F)C(F)(F)OC(F)=C(F)F. The van der Waals surface area contributed by atoms with E-state index in [1.54, 1.807) is 0 Å². The fourth-order valence-electron chi connectivity index (χ4n) is 2.51. The molecule has 0 saturated carbocycles. The molecular weight excluding hydrogens is 925 g/mol. The number of hydrogen-bond acceptors (Lipinski definition) is 6. The van der Waals surface area contributed by atoms with Crippen molar-refractivity contribution in [3.8, 4) is 0 Å². The monoisotopic (exact) mass is 926 g/mol. The Bertz CT molecular complexity index is 1540. The van der Waals surface area contributed by atoms with Gasteiger partial charge in [0.1, 0.15) is 0 Å². The zero-order chi connectivity index (χ0) is 45.5. The van der Waals surface area contributed by atoms with Gasteiger partial charge in [0.25, 0.3) is 0 Å². The van der Waals surface area contributed by atoms with E-state index < -0.39 is 106 Å². The minimum absolute atomic E-state index is 0.694. The highest BCUT2D eigenvalue weighted by molar-refractivity contribution is 7.87. The van der Waals surface area contributed by atoms with Crippen molar-refractivity contribution in [1.29, 1.82) is 0 Å². The Hall–Kier alpha value is -2.84. The molecule has 3 unspecified atom stereocenters. The number of halogens is 31. The summed E-state index contributed by atoms with van der Waals surface area (Å²) in [6, 6.07) is -4.57. The Balaban J connectivity index is 7.81. The maximum atomic E-state index is 14.4. The van der Waals surface area contributed by atoms with E-state index in [1.807, 2.05) is 0 Å². The van der Waals surface area contributed by atoms with Crippen LogP contribution in [0.4, 0.5) is 136 Å². The second-order valence-electron chi connectivity index (χ2n) is 9.00. The maximum absolute atomic E-state index is 14.4. The van der Waals surface area contributed by atoms with Crippen LogP contribution in [0.1, 0.15) is 0 Å². The van der Waals surface area contributed by atoms with E-state index in [1.165, 1.54) is 4.74 Å². The van der Waals surface area contributed by atoms with Crippen molar-refractivity contribution < 1.29 is 168 Å². The molecule has 0 radical (unpaired) electrons. The van der Waals surface area contributed by atoms with Crippen LogP contribution in [0, 0.1) is 0 Å². The van der Waals surface area contributed by atoms with Crippen LogP contribution in [-0.4, -0.2) is 96.5 Å². The molecule has 0 rings (SSSR count). The highest BCUT2D eigenvalue weighted by Gasteiger charge is 2.93. The predicted octanol–water partition coefficient (Wildman–Crippen LogP) is 9.53. The summed E-state index contributed by atoms with van der Waals surface area (Å²) < 4.78 is 447. The van der Waals surface area contributed by atoms with Crippen molar-refractivity contribution in [3.63, 3.8) is 0 Å². The Morgan fingerprint density at radius 3 is 0.873 bits per heavy atom. The van der Waals surface area contributed by atoms with Crippen LogP contribution in [0.5, 0.6) is 0 Å². The van der Waals surface area contributed by atoms with Gasteiger partial charge in [-0.25, -0.2) is 0 Å². The lowest BCUT2D eigenvalue weighted by atomic mass is 10.0. The lowest BCUT2D eigenvalue weighted by Crippen LogP contribution is -2.73. The van der Waals surface area contributed by atoms with E-state index >= 15 is 0 Å². The normalized spacial score (nSPS) is 19.0. The van der Waals surface area contributed by atoms with Gasteiger partial charge in [0.2, 0.25) is 0 Å². The molecule has 0 aliphatic heterocycles. The fourth-order valence-corrected chi connectivity index (χ4v) is 2.97. The smallest absolute Gasteiger partial charge is 0.398 e. The van der Waals surface area contributed by atoms with Gasteiger partial charge in [0.15, 0.2) is 0 Å². The summed E-state index contributed by atoms with van der Waals surface area (Å²) in [5.74, 6) is -55.1. The van der Waals surface area contributed by atoms with E-state index in [0.717, 1.165) is 9.47 Å². The van der Waals surface area contributed by atoms with Gasteiger partial charge < -0.3 is 4.74 Å². The van der Waals surface area contributed by atoms with Crippen LogP contribution in [0.3, 0.4) is 0 Å². The summed E-state index contributed by atoms with van der Waals surface area (Å²) in [5.41, 5.74) is 0. The topological polar surface area (TPSA) is 91.3 Å². The summed E-state index contributed by atoms with van der Waals surface area (Å²) in [6.45, 7) is 0. The van der Waals surface area contributed by atoms with E-state index in [0.29, 0.717) is 4.74 Å². The largest absolute Gasteiger partial charge is 0.471 e. The molecule has 0 aliphatic rings. The highest BCUT2D eigenvalue weighted by atomic mass is 32.2. The third-order valence-electron chi connectivity index (χ3n) is 5.23. The maximum Gasteiger partial charge on any atom is 0.471 e. The van der Waals surface area contributed by atoms with Crippen LogP contribution in [0.15, 0.2) is 12.1 Å².